The predicted molar refractivity (Wildman–Crippen MR) is 114 cm³/mol. The van der Waals surface area contributed by atoms with Gasteiger partial charge in [-0.25, -0.2) is 0 Å². The standard InChI is InChI=1S/C23H15ClN4O2/c24-19-14-18(22(29)21-17(19)12-7-13-25-21)20(15-8-3-1-4-9-15)26-28-27-23(30)16-10-5-2-6-11-16/h1-14,20H/p+1. The highest BCUT2D eigenvalue weighted by Gasteiger charge is 2.25. The zero-order valence-corrected chi connectivity index (χ0v) is 16.4. The maximum Gasteiger partial charge on any atom is 0.360 e. The lowest BCUT2D eigenvalue weighted by Crippen LogP contribution is -2.01. The van der Waals surface area contributed by atoms with Gasteiger partial charge < -0.3 is 5.11 Å². The zero-order valence-electron chi connectivity index (χ0n) is 15.7. The molecule has 0 aliphatic carbocycles. The van der Waals surface area contributed by atoms with Gasteiger partial charge in [-0.2, -0.15) is 0 Å². The van der Waals surface area contributed by atoms with Crippen LogP contribution in [0.25, 0.3) is 10.9 Å². The maximum atomic E-state index is 12.2. The molecule has 3 aromatic carbocycles. The second-order valence-corrected chi connectivity index (χ2v) is 6.89. The van der Waals surface area contributed by atoms with Gasteiger partial charge in [0, 0.05) is 22.7 Å². The Kier molecular flexibility index (Phi) is 5.61. The molecule has 0 aliphatic heterocycles. The number of carbonyl (C=O) groups excluding carboxylic acids is 1. The van der Waals surface area contributed by atoms with Crippen LogP contribution in [0.3, 0.4) is 0 Å². The van der Waals surface area contributed by atoms with Gasteiger partial charge in [-0.3, -0.25) is 9.78 Å². The van der Waals surface area contributed by atoms with Gasteiger partial charge in [0.15, 0.2) is 6.04 Å². The number of pyridine rings is 1. The minimum Gasteiger partial charge on any atom is -0.505 e. The molecule has 0 aliphatic rings. The van der Waals surface area contributed by atoms with E-state index in [0.717, 1.165) is 5.56 Å². The Morgan fingerprint density at radius 1 is 1.00 bits per heavy atom. The molecule has 7 heteroatoms. The molecule has 0 bridgehead atoms. The van der Waals surface area contributed by atoms with Crippen LogP contribution in [-0.2, 0) is 0 Å². The van der Waals surface area contributed by atoms with Crippen LogP contribution < -0.4 is 4.91 Å². The first-order valence-electron chi connectivity index (χ1n) is 9.16. The number of hydrogen-bond donors (Lipinski definition) is 1. The molecular weight excluding hydrogens is 400 g/mol. The molecule has 146 valence electrons. The van der Waals surface area contributed by atoms with Gasteiger partial charge in [-0.05, 0) is 35.9 Å². The fraction of sp³-hybridized carbons (Fsp3) is 0.0435. The first-order valence-corrected chi connectivity index (χ1v) is 9.54. The van der Waals surface area contributed by atoms with Gasteiger partial charge in [-0.15, -0.1) is 0 Å². The Balaban J connectivity index is 1.81. The van der Waals surface area contributed by atoms with E-state index in [2.05, 4.69) is 20.1 Å². The number of phenolic OH excluding ortho intramolecular Hbond substituents is 1. The zero-order chi connectivity index (χ0) is 20.9. The molecule has 0 saturated carbocycles. The third-order valence-electron chi connectivity index (χ3n) is 4.58. The predicted octanol–water partition coefficient (Wildman–Crippen LogP) is 5.50. The minimum atomic E-state index is -0.720. The van der Waals surface area contributed by atoms with Crippen LogP contribution >= 0.6 is 11.6 Å². The van der Waals surface area contributed by atoms with Crippen molar-refractivity contribution in [3.8, 4) is 5.75 Å². The number of aromatic hydroxyl groups is 1. The summed E-state index contributed by atoms with van der Waals surface area (Å²) < 4.78 is 0. The number of halogens is 1. The molecule has 4 rings (SSSR count). The molecule has 1 atom stereocenters. The van der Waals surface area contributed by atoms with Crippen molar-refractivity contribution in [1.29, 1.82) is 0 Å². The summed E-state index contributed by atoms with van der Waals surface area (Å²) in [5.41, 5.74) is 1.95. The molecule has 6 nitrogen and oxygen atoms in total. The number of rotatable bonds is 4. The lowest BCUT2D eigenvalue weighted by atomic mass is 9.97. The Hall–Kier alpha value is -3.86. The van der Waals surface area contributed by atoms with E-state index in [4.69, 9.17) is 11.6 Å². The van der Waals surface area contributed by atoms with E-state index < -0.39 is 11.9 Å². The molecule has 1 heterocycles. The van der Waals surface area contributed by atoms with Crippen molar-refractivity contribution in [1.82, 2.24) is 9.90 Å². The SMILES string of the molecule is O=C(N=[N+]=NC(c1ccccc1)c1cc(Cl)c2cccnc2c1O)c1ccccc1. The third kappa shape index (κ3) is 3.96. The van der Waals surface area contributed by atoms with E-state index in [9.17, 15) is 9.90 Å². The van der Waals surface area contributed by atoms with Crippen molar-refractivity contribution in [2.24, 2.45) is 10.2 Å². The summed E-state index contributed by atoms with van der Waals surface area (Å²) in [6, 6.07) is 22.3. The molecule has 0 saturated heterocycles. The molecule has 4 aromatic rings. The number of aromatic nitrogens is 1. The molecule has 0 spiro atoms. The molecule has 1 aromatic heterocycles. The van der Waals surface area contributed by atoms with Crippen LogP contribution in [0.15, 0.2) is 95.3 Å². The summed E-state index contributed by atoms with van der Waals surface area (Å²) in [5.74, 6) is -0.550. The average molecular weight is 416 g/mol. The summed E-state index contributed by atoms with van der Waals surface area (Å²) in [6.45, 7) is 0. The van der Waals surface area contributed by atoms with Crippen molar-refractivity contribution < 1.29 is 9.90 Å². The number of fused-ring (bicyclic) bond motifs is 1. The van der Waals surface area contributed by atoms with Crippen molar-refractivity contribution >= 4 is 28.4 Å². The summed E-state index contributed by atoms with van der Waals surface area (Å²) in [4.78, 5) is 20.2. The van der Waals surface area contributed by atoms with Crippen LogP contribution in [0.1, 0.15) is 27.5 Å². The summed E-state index contributed by atoms with van der Waals surface area (Å²) in [5, 5.41) is 19.9. The number of hydrogen-bond acceptors (Lipinski definition) is 4. The number of benzene rings is 3. The molecule has 0 fully saturated rings. The van der Waals surface area contributed by atoms with Crippen molar-refractivity contribution in [2.45, 2.75) is 6.04 Å². The average Bonchev–Trinajstić information content (AvgIpc) is 2.80. The highest BCUT2D eigenvalue weighted by atomic mass is 35.5. The fourth-order valence-corrected chi connectivity index (χ4v) is 3.38. The molecule has 30 heavy (non-hydrogen) atoms. The molecular formula is C23H16ClN4O2+. The second kappa shape index (κ2) is 8.66. The Bertz CT molecular complexity index is 1270. The highest BCUT2D eigenvalue weighted by molar-refractivity contribution is 6.35. The monoisotopic (exact) mass is 415 g/mol. The van der Waals surface area contributed by atoms with Crippen molar-refractivity contribution in [2.75, 3.05) is 0 Å². The molecule has 1 N–H and O–H groups in total. The summed E-state index contributed by atoms with van der Waals surface area (Å²) in [7, 11) is 0. The summed E-state index contributed by atoms with van der Waals surface area (Å²) >= 11 is 6.43. The fourth-order valence-electron chi connectivity index (χ4n) is 3.11. The number of carbonyl (C=O) groups is 1. The second-order valence-electron chi connectivity index (χ2n) is 6.49. The van der Waals surface area contributed by atoms with Gasteiger partial charge >= 0.3 is 5.91 Å². The Morgan fingerprint density at radius 3 is 2.43 bits per heavy atom. The highest BCUT2D eigenvalue weighted by Crippen LogP contribution is 2.39. The van der Waals surface area contributed by atoms with Gasteiger partial charge in [0.2, 0.25) is 10.0 Å². The van der Waals surface area contributed by atoms with E-state index in [-0.39, 0.29) is 5.75 Å². The van der Waals surface area contributed by atoms with Gasteiger partial charge in [0.05, 0.1) is 5.02 Å². The van der Waals surface area contributed by atoms with Crippen LogP contribution in [0.4, 0.5) is 0 Å². The van der Waals surface area contributed by atoms with Crippen LogP contribution in [-0.4, -0.2) is 16.0 Å². The minimum absolute atomic E-state index is 0.0443. The van der Waals surface area contributed by atoms with Gasteiger partial charge in [-0.1, -0.05) is 60.1 Å². The maximum absolute atomic E-state index is 12.2. The van der Waals surface area contributed by atoms with Crippen LogP contribution in [0.5, 0.6) is 5.75 Å². The van der Waals surface area contributed by atoms with E-state index >= 15 is 0 Å². The van der Waals surface area contributed by atoms with E-state index in [0.29, 0.717) is 27.1 Å². The number of phenols is 1. The molecule has 1 amide bonds. The van der Waals surface area contributed by atoms with Crippen LogP contribution in [0, 0.1) is 0 Å². The Labute approximate surface area is 177 Å². The quantitative estimate of drug-likeness (QED) is 0.352. The van der Waals surface area contributed by atoms with E-state index in [1.54, 1.807) is 48.7 Å². The lowest BCUT2D eigenvalue weighted by molar-refractivity contribution is 0.0992. The van der Waals surface area contributed by atoms with Crippen molar-refractivity contribution in [3.63, 3.8) is 0 Å². The van der Waals surface area contributed by atoms with Gasteiger partial charge in [0.1, 0.15) is 16.4 Å². The Morgan fingerprint density at radius 2 is 1.70 bits per heavy atom. The summed E-state index contributed by atoms with van der Waals surface area (Å²) in [6.07, 6.45) is 1.58. The smallest absolute Gasteiger partial charge is 0.360 e. The van der Waals surface area contributed by atoms with E-state index in [1.807, 2.05) is 36.4 Å². The van der Waals surface area contributed by atoms with Crippen LogP contribution in [0.2, 0.25) is 5.02 Å². The van der Waals surface area contributed by atoms with Gasteiger partial charge in [0.25, 0.3) is 0 Å². The first kappa shape index (κ1) is 19.5. The van der Waals surface area contributed by atoms with E-state index in [1.165, 1.54) is 0 Å². The molecule has 0 radical (unpaired) electrons. The largest absolute Gasteiger partial charge is 0.505 e. The number of nitrogens with zero attached hydrogens (tertiary/aromatic N) is 4. The third-order valence-corrected chi connectivity index (χ3v) is 4.89. The number of amides is 1. The topological polar surface area (TPSA) is 89.0 Å². The normalized spacial score (nSPS) is 11.5. The first-order chi connectivity index (χ1) is 14.6. The lowest BCUT2D eigenvalue weighted by Gasteiger charge is -2.12. The van der Waals surface area contributed by atoms with Crippen molar-refractivity contribution in [3.05, 3.63) is 107 Å². The molecule has 1 unspecified atom stereocenters.